The second-order valence-electron chi connectivity index (χ2n) is 9.76. The van der Waals surface area contributed by atoms with Crippen LogP contribution in [-0.2, 0) is 9.09 Å². The first kappa shape index (κ1) is 32.5. The van der Waals surface area contributed by atoms with Gasteiger partial charge in [0.15, 0.2) is 0 Å². The summed E-state index contributed by atoms with van der Waals surface area (Å²) in [5.41, 5.74) is 8.50. The quantitative estimate of drug-likeness (QED) is 0.154. The predicted molar refractivity (Wildman–Crippen MR) is 150 cm³/mol. The third kappa shape index (κ3) is 22.3. The maximum Gasteiger partial charge on any atom is 0.695 e. The molecule has 0 aliphatic heterocycles. The van der Waals surface area contributed by atoms with Crippen LogP contribution in [0.3, 0.4) is 0 Å². The fourth-order valence-electron chi connectivity index (χ4n) is 3.53. The van der Waals surface area contributed by atoms with Crippen molar-refractivity contribution in [3.8, 4) is 0 Å². The van der Waals surface area contributed by atoms with Gasteiger partial charge in [0.1, 0.15) is 6.61 Å². The van der Waals surface area contributed by atoms with E-state index in [1.54, 1.807) is 0 Å². The summed E-state index contributed by atoms with van der Waals surface area (Å²) in [5, 5.41) is 0. The summed E-state index contributed by atoms with van der Waals surface area (Å²) >= 11 is 0. The molecule has 0 fully saturated rings. The summed E-state index contributed by atoms with van der Waals surface area (Å²) in [5.74, 6) is 0. The summed E-state index contributed by atoms with van der Waals surface area (Å²) in [6, 6.07) is 0. The van der Waals surface area contributed by atoms with Gasteiger partial charge in [0.2, 0.25) is 0 Å². The van der Waals surface area contributed by atoms with Gasteiger partial charge in [-0.3, -0.25) is 0 Å². The largest absolute Gasteiger partial charge is 0.695 e. The molecule has 1 atom stereocenters. The molecule has 192 valence electrons. The highest BCUT2D eigenvalue weighted by Crippen LogP contribution is 2.17. The van der Waals surface area contributed by atoms with Crippen LogP contribution in [0.1, 0.15) is 113 Å². The minimum atomic E-state index is -2.50. The van der Waals surface area contributed by atoms with Crippen LogP contribution in [0.5, 0.6) is 0 Å². The monoisotopic (exact) mass is 489 g/mol. The number of hydrogen-bond donors (Lipinski definition) is 1. The Balaban J connectivity index is 4.12. The smallest absolute Gasteiger partial charge is 0.133 e. The highest BCUT2D eigenvalue weighted by molar-refractivity contribution is 7.32. The Morgan fingerprint density at radius 3 is 1.15 bits per heavy atom. The second-order valence-corrected chi connectivity index (χ2v) is 10.5. The molecule has 0 amide bonds. The normalized spacial score (nSPS) is 14.5. The maximum atomic E-state index is 10.5. The molecule has 1 N–H and O–H groups in total. The van der Waals surface area contributed by atoms with E-state index in [2.05, 4.69) is 76.4 Å². The standard InChI is InChI=1S/C30H49O3P/c1-25(2)13-8-14-26(3)15-9-16-27(4)17-10-18-28(5)19-11-20-29(6)21-12-22-30(7)23-24-33-34(31)32/h13,15,17,19,21,23H,8-12,14,16,18,20,22,24H2,1-7H3/p+1/b26-15+,27-17-,28-19-,29-21-,30-23-. The molecule has 4 heteroatoms. The molecule has 0 saturated carbocycles. The van der Waals surface area contributed by atoms with Crippen molar-refractivity contribution in [2.75, 3.05) is 6.61 Å². The second kappa shape index (κ2) is 20.8. The van der Waals surface area contributed by atoms with Crippen molar-refractivity contribution in [3.63, 3.8) is 0 Å². The molecule has 0 spiro atoms. The third-order valence-corrected chi connectivity index (χ3v) is 6.20. The zero-order chi connectivity index (χ0) is 25.8. The van der Waals surface area contributed by atoms with E-state index in [1.165, 1.54) is 39.9 Å². The van der Waals surface area contributed by atoms with E-state index in [9.17, 15) is 4.57 Å². The van der Waals surface area contributed by atoms with Crippen LogP contribution < -0.4 is 0 Å². The van der Waals surface area contributed by atoms with Crippen molar-refractivity contribution in [3.05, 3.63) is 69.9 Å². The molecule has 3 nitrogen and oxygen atoms in total. The lowest BCUT2D eigenvalue weighted by atomic mass is 10.0. The van der Waals surface area contributed by atoms with Crippen molar-refractivity contribution < 1.29 is 14.0 Å². The Morgan fingerprint density at radius 1 is 0.559 bits per heavy atom. The van der Waals surface area contributed by atoms with E-state index in [-0.39, 0.29) is 6.61 Å². The van der Waals surface area contributed by atoms with Gasteiger partial charge < -0.3 is 0 Å². The van der Waals surface area contributed by atoms with Crippen molar-refractivity contribution in [2.45, 2.75) is 113 Å². The molecular formula is C30H50O3P+. The fraction of sp³-hybridized carbons (Fsp3) is 0.600. The molecule has 1 unspecified atom stereocenters. The zero-order valence-corrected chi connectivity index (χ0v) is 23.8. The van der Waals surface area contributed by atoms with E-state index >= 15 is 0 Å². The molecule has 0 radical (unpaired) electrons. The van der Waals surface area contributed by atoms with Crippen LogP contribution in [0.4, 0.5) is 0 Å². The van der Waals surface area contributed by atoms with Crippen LogP contribution in [0.25, 0.3) is 0 Å². The van der Waals surface area contributed by atoms with Crippen molar-refractivity contribution in [1.82, 2.24) is 0 Å². The Hall–Kier alpha value is -1.54. The van der Waals surface area contributed by atoms with Gasteiger partial charge >= 0.3 is 8.25 Å². The van der Waals surface area contributed by atoms with Crippen molar-refractivity contribution in [1.29, 1.82) is 0 Å². The molecule has 0 saturated heterocycles. The first-order chi connectivity index (χ1) is 16.1. The number of allylic oxidation sites excluding steroid dienone is 11. The molecule has 0 aromatic carbocycles. The molecule has 0 aromatic heterocycles. The van der Waals surface area contributed by atoms with Gasteiger partial charge in [-0.15, -0.1) is 9.42 Å². The Labute approximate surface area is 211 Å². The molecular weight excluding hydrogens is 439 g/mol. The first-order valence-corrected chi connectivity index (χ1v) is 13.9. The first-order valence-electron chi connectivity index (χ1n) is 12.8. The molecule has 0 rings (SSSR count). The van der Waals surface area contributed by atoms with E-state index in [0.717, 1.165) is 57.8 Å². The van der Waals surface area contributed by atoms with Crippen LogP contribution >= 0.6 is 8.25 Å². The number of rotatable bonds is 18. The summed E-state index contributed by atoms with van der Waals surface area (Å²) in [4.78, 5) is 8.63. The lowest BCUT2D eigenvalue weighted by molar-refractivity contribution is 0.312. The summed E-state index contributed by atoms with van der Waals surface area (Å²) < 4.78 is 15.2. The lowest BCUT2D eigenvalue weighted by Crippen LogP contribution is -1.85. The lowest BCUT2D eigenvalue weighted by Gasteiger charge is -2.03. The third-order valence-electron chi connectivity index (χ3n) is 5.83. The molecule has 0 aliphatic carbocycles. The van der Waals surface area contributed by atoms with Gasteiger partial charge in [0, 0.05) is 4.57 Å². The van der Waals surface area contributed by atoms with E-state index < -0.39 is 8.25 Å². The summed E-state index contributed by atoms with van der Waals surface area (Å²) in [6.45, 7) is 15.5. The molecule has 0 bridgehead atoms. The van der Waals surface area contributed by atoms with E-state index in [1.807, 2.05) is 13.0 Å². The molecule has 0 aromatic rings. The van der Waals surface area contributed by atoms with Gasteiger partial charge in [-0.25, -0.2) is 0 Å². The summed E-state index contributed by atoms with van der Waals surface area (Å²) in [7, 11) is -2.50. The predicted octanol–water partition coefficient (Wildman–Crippen LogP) is 10.3. The van der Waals surface area contributed by atoms with Crippen LogP contribution in [0.15, 0.2) is 69.9 Å². The highest BCUT2D eigenvalue weighted by Gasteiger charge is 2.08. The van der Waals surface area contributed by atoms with Gasteiger partial charge in [-0.2, -0.15) is 0 Å². The average molecular weight is 490 g/mol. The van der Waals surface area contributed by atoms with Crippen LogP contribution in [-0.4, -0.2) is 11.5 Å². The van der Waals surface area contributed by atoms with E-state index in [4.69, 9.17) is 4.89 Å². The molecule has 34 heavy (non-hydrogen) atoms. The van der Waals surface area contributed by atoms with Gasteiger partial charge in [-0.05, 0) is 113 Å². The minimum Gasteiger partial charge on any atom is -0.133 e. The topological polar surface area (TPSA) is 46.5 Å². The van der Waals surface area contributed by atoms with Crippen molar-refractivity contribution >= 4 is 8.25 Å². The van der Waals surface area contributed by atoms with Gasteiger partial charge in [0.05, 0.1) is 0 Å². The Morgan fingerprint density at radius 2 is 0.853 bits per heavy atom. The molecule has 0 aliphatic rings. The fourth-order valence-corrected chi connectivity index (χ4v) is 3.73. The van der Waals surface area contributed by atoms with E-state index in [0.29, 0.717) is 0 Å². The maximum absolute atomic E-state index is 10.5. The highest BCUT2D eigenvalue weighted by atomic mass is 31.1. The van der Waals surface area contributed by atoms with Gasteiger partial charge in [0.25, 0.3) is 0 Å². The van der Waals surface area contributed by atoms with Crippen LogP contribution in [0.2, 0.25) is 0 Å². The Bertz CT molecular complexity index is 775. The van der Waals surface area contributed by atoms with Crippen LogP contribution in [0, 0.1) is 0 Å². The zero-order valence-electron chi connectivity index (χ0n) is 23.0. The average Bonchev–Trinajstić information content (AvgIpc) is 2.73. The SMILES string of the molecule is CC(C)=CCC/C(C)=C/CC/C(C)=C\CC/C(C)=C\CC/C(C)=C\CC/C(C)=C\CO[P+](=O)O. The number of hydrogen-bond acceptors (Lipinski definition) is 2. The van der Waals surface area contributed by atoms with Crippen molar-refractivity contribution in [2.24, 2.45) is 0 Å². The minimum absolute atomic E-state index is 0.201. The Kier molecular flexibility index (Phi) is 19.9. The van der Waals surface area contributed by atoms with Gasteiger partial charge in [-0.1, -0.05) is 69.9 Å². The molecule has 0 heterocycles. The summed E-state index contributed by atoms with van der Waals surface area (Å²) in [6.07, 6.45) is 24.8.